The first kappa shape index (κ1) is 21.4. The van der Waals surface area contributed by atoms with Crippen molar-refractivity contribution >= 4 is 5.91 Å². The van der Waals surface area contributed by atoms with Crippen LogP contribution in [0.5, 0.6) is 0 Å². The van der Waals surface area contributed by atoms with Crippen molar-refractivity contribution in [2.24, 2.45) is 0 Å². The van der Waals surface area contributed by atoms with Crippen LogP contribution >= 0.6 is 0 Å². The Kier molecular flexibility index (Phi) is 5.32. The van der Waals surface area contributed by atoms with Gasteiger partial charge in [-0.3, -0.25) is 9.78 Å². The molecule has 0 atom stereocenters. The van der Waals surface area contributed by atoms with E-state index in [9.17, 15) is 22.4 Å². The summed E-state index contributed by atoms with van der Waals surface area (Å²) in [5, 5.41) is 3.17. The largest absolute Gasteiger partial charge is 0.416 e. The molecule has 1 fully saturated rings. The fourth-order valence-electron chi connectivity index (χ4n) is 4.25. The Morgan fingerprint density at radius 1 is 1.09 bits per heavy atom. The Labute approximate surface area is 186 Å². The Morgan fingerprint density at radius 2 is 1.91 bits per heavy atom. The van der Waals surface area contributed by atoms with Gasteiger partial charge in [-0.1, -0.05) is 0 Å². The van der Waals surface area contributed by atoms with E-state index in [0.29, 0.717) is 41.7 Å². The normalized spacial score (nSPS) is 16.5. The first-order valence-corrected chi connectivity index (χ1v) is 10.5. The maximum Gasteiger partial charge on any atom is 0.416 e. The molecule has 0 spiro atoms. The van der Waals surface area contributed by atoms with Crippen molar-refractivity contribution in [3.63, 3.8) is 0 Å². The summed E-state index contributed by atoms with van der Waals surface area (Å²) in [5.74, 6) is -1.00. The fourth-order valence-corrected chi connectivity index (χ4v) is 4.25. The first-order chi connectivity index (χ1) is 15.8. The Morgan fingerprint density at radius 3 is 2.64 bits per heavy atom. The van der Waals surface area contributed by atoms with E-state index in [1.54, 1.807) is 18.3 Å². The van der Waals surface area contributed by atoms with Gasteiger partial charge in [-0.2, -0.15) is 13.2 Å². The number of nitrogens with zero attached hydrogens (tertiary/aromatic N) is 4. The number of rotatable bonds is 4. The van der Waals surface area contributed by atoms with E-state index in [0.717, 1.165) is 30.8 Å². The number of nitrogens with one attached hydrogen (secondary N) is 1. The quantitative estimate of drug-likeness (QED) is 0.609. The van der Waals surface area contributed by atoms with Gasteiger partial charge in [-0.05, 0) is 47.9 Å². The average Bonchev–Trinajstić information content (AvgIpc) is 2.73. The molecule has 10 heteroatoms. The third-order valence-corrected chi connectivity index (χ3v) is 5.99. The number of carbonyl (C=O) groups excluding carboxylic acids is 1. The summed E-state index contributed by atoms with van der Waals surface area (Å²) >= 11 is 0. The molecule has 6 nitrogen and oxygen atoms in total. The molecule has 0 bridgehead atoms. The third-order valence-electron chi connectivity index (χ3n) is 5.99. The predicted octanol–water partition coefficient (Wildman–Crippen LogP) is 3.26. The molecule has 1 amide bonds. The molecule has 2 aromatic heterocycles. The second kappa shape index (κ2) is 8.18. The summed E-state index contributed by atoms with van der Waals surface area (Å²) in [5.41, 5.74) is 1.91. The maximum atomic E-state index is 13.8. The van der Waals surface area contributed by atoms with Gasteiger partial charge in [-0.25, -0.2) is 14.4 Å². The summed E-state index contributed by atoms with van der Waals surface area (Å²) in [6, 6.07) is 5.95. The number of benzene rings is 1. The van der Waals surface area contributed by atoms with Crippen molar-refractivity contribution in [1.29, 1.82) is 0 Å². The van der Waals surface area contributed by atoms with Crippen LogP contribution in [-0.2, 0) is 19.0 Å². The van der Waals surface area contributed by atoms with E-state index in [-0.39, 0.29) is 23.9 Å². The zero-order valence-electron chi connectivity index (χ0n) is 17.4. The minimum atomic E-state index is -4.64. The number of alkyl halides is 3. The summed E-state index contributed by atoms with van der Waals surface area (Å²) in [4.78, 5) is 27.7. The van der Waals surface area contributed by atoms with E-state index >= 15 is 0 Å². The maximum absolute atomic E-state index is 13.8. The summed E-state index contributed by atoms with van der Waals surface area (Å²) in [7, 11) is 0. The molecule has 1 N–H and O–H groups in total. The number of hydrogen-bond donors (Lipinski definition) is 1. The third kappa shape index (κ3) is 4.18. The van der Waals surface area contributed by atoms with Gasteiger partial charge in [0.1, 0.15) is 12.1 Å². The van der Waals surface area contributed by atoms with E-state index in [1.807, 2.05) is 4.90 Å². The van der Waals surface area contributed by atoms with Gasteiger partial charge in [0.15, 0.2) is 0 Å². The molecule has 4 heterocycles. The topological polar surface area (TPSA) is 71.0 Å². The van der Waals surface area contributed by atoms with Gasteiger partial charge in [-0.15, -0.1) is 0 Å². The molecule has 33 heavy (non-hydrogen) atoms. The van der Waals surface area contributed by atoms with Crippen molar-refractivity contribution in [2.45, 2.75) is 25.1 Å². The SMILES string of the molecule is O=C1c2ccnc(-c3cc(Cc4cc(F)cc(C(F)(F)F)c4)ncn3)c2CCN1C1CNC1. The van der Waals surface area contributed by atoms with E-state index < -0.39 is 17.6 Å². The minimum absolute atomic E-state index is 0.00717. The highest BCUT2D eigenvalue weighted by atomic mass is 19.4. The van der Waals surface area contributed by atoms with Crippen LogP contribution in [0.15, 0.2) is 42.9 Å². The van der Waals surface area contributed by atoms with Gasteiger partial charge >= 0.3 is 6.18 Å². The first-order valence-electron chi connectivity index (χ1n) is 10.5. The fraction of sp³-hybridized carbons (Fsp3) is 0.304. The molecule has 0 aliphatic carbocycles. The molecular formula is C23H19F4N5O. The lowest BCUT2D eigenvalue weighted by Gasteiger charge is -2.40. The van der Waals surface area contributed by atoms with E-state index in [4.69, 9.17) is 0 Å². The van der Waals surface area contributed by atoms with Gasteiger partial charge in [0.25, 0.3) is 5.91 Å². The number of carbonyl (C=O) groups is 1. The smallest absolute Gasteiger partial charge is 0.333 e. The standard InChI is InChI=1S/C23H19F4N5O/c24-15-6-13(5-14(8-15)23(25,26)27)7-16-9-20(31-12-30-16)21-18-2-4-32(17-10-28-11-17)22(33)19(18)1-3-29-21/h1,3,5-6,8-9,12,17,28H,2,4,7,10-11H2. The Hall–Kier alpha value is -3.40. The highest BCUT2D eigenvalue weighted by Gasteiger charge is 2.34. The van der Waals surface area contributed by atoms with Gasteiger partial charge < -0.3 is 10.2 Å². The highest BCUT2D eigenvalue weighted by molar-refractivity contribution is 5.98. The average molecular weight is 457 g/mol. The van der Waals surface area contributed by atoms with Crippen molar-refractivity contribution in [2.75, 3.05) is 19.6 Å². The molecule has 170 valence electrons. The molecule has 0 unspecified atom stereocenters. The van der Waals surface area contributed by atoms with Crippen LogP contribution in [0, 0.1) is 5.82 Å². The number of halogens is 4. The van der Waals surface area contributed by atoms with Gasteiger partial charge in [0, 0.05) is 43.5 Å². The van der Waals surface area contributed by atoms with Crippen LogP contribution in [0.1, 0.15) is 32.7 Å². The second-order valence-electron chi connectivity index (χ2n) is 8.16. The number of fused-ring (bicyclic) bond motifs is 1. The lowest BCUT2D eigenvalue weighted by molar-refractivity contribution is -0.137. The van der Waals surface area contributed by atoms with Crippen LogP contribution in [0.2, 0.25) is 0 Å². The summed E-state index contributed by atoms with van der Waals surface area (Å²) in [6.07, 6.45) is -1.17. The molecule has 3 aromatic rings. The summed E-state index contributed by atoms with van der Waals surface area (Å²) in [6.45, 7) is 2.15. The molecule has 1 saturated heterocycles. The van der Waals surface area contributed by atoms with Crippen molar-refractivity contribution < 1.29 is 22.4 Å². The van der Waals surface area contributed by atoms with E-state index in [1.165, 1.54) is 6.33 Å². The molecule has 2 aliphatic rings. The highest BCUT2D eigenvalue weighted by Crippen LogP contribution is 2.32. The zero-order valence-corrected chi connectivity index (χ0v) is 17.4. The van der Waals surface area contributed by atoms with Crippen LogP contribution in [0.25, 0.3) is 11.4 Å². The van der Waals surface area contributed by atoms with Crippen molar-refractivity contribution in [3.8, 4) is 11.4 Å². The lowest BCUT2D eigenvalue weighted by Crippen LogP contribution is -2.60. The van der Waals surface area contributed by atoms with Crippen molar-refractivity contribution in [3.05, 3.63) is 76.6 Å². The molecule has 2 aliphatic heterocycles. The van der Waals surface area contributed by atoms with Crippen LogP contribution in [-0.4, -0.2) is 51.4 Å². The zero-order chi connectivity index (χ0) is 23.2. The predicted molar refractivity (Wildman–Crippen MR) is 111 cm³/mol. The van der Waals surface area contributed by atoms with Crippen LogP contribution in [0.3, 0.4) is 0 Å². The van der Waals surface area contributed by atoms with Gasteiger partial charge in [0.05, 0.1) is 23.0 Å². The Balaban J connectivity index is 1.45. The number of amides is 1. The number of hydrogen-bond acceptors (Lipinski definition) is 5. The number of pyridine rings is 1. The van der Waals surface area contributed by atoms with E-state index in [2.05, 4.69) is 20.3 Å². The number of aromatic nitrogens is 3. The Bertz CT molecular complexity index is 1230. The molecular weight excluding hydrogens is 438 g/mol. The second-order valence-corrected chi connectivity index (χ2v) is 8.16. The summed E-state index contributed by atoms with van der Waals surface area (Å²) < 4.78 is 52.9. The minimum Gasteiger partial charge on any atom is -0.333 e. The monoisotopic (exact) mass is 457 g/mol. The molecule has 0 radical (unpaired) electrons. The van der Waals surface area contributed by atoms with Crippen molar-refractivity contribution in [1.82, 2.24) is 25.2 Å². The van der Waals surface area contributed by atoms with Crippen LogP contribution in [0.4, 0.5) is 17.6 Å². The van der Waals surface area contributed by atoms with Gasteiger partial charge in [0.2, 0.25) is 0 Å². The molecule has 5 rings (SSSR count). The lowest BCUT2D eigenvalue weighted by atomic mass is 9.94. The molecule has 1 aromatic carbocycles. The molecule has 0 saturated carbocycles. The van der Waals surface area contributed by atoms with Crippen LogP contribution < -0.4 is 5.32 Å².